The summed E-state index contributed by atoms with van der Waals surface area (Å²) in [6.07, 6.45) is 0.978. The molecule has 0 spiro atoms. The number of amides is 2. The Morgan fingerprint density at radius 3 is 2.80 bits per heavy atom. The summed E-state index contributed by atoms with van der Waals surface area (Å²) in [5.41, 5.74) is 2.13. The highest BCUT2D eigenvalue weighted by Gasteiger charge is 2.30. The molecule has 5 heteroatoms. The molecule has 1 N–H and O–H groups in total. The first-order valence-electron chi connectivity index (χ1n) is 6.80. The van der Waals surface area contributed by atoms with Gasteiger partial charge < -0.3 is 10.2 Å². The summed E-state index contributed by atoms with van der Waals surface area (Å²) in [6.45, 7) is 4.22. The van der Waals surface area contributed by atoms with Gasteiger partial charge in [0.2, 0.25) is 11.8 Å². The fourth-order valence-electron chi connectivity index (χ4n) is 2.62. The van der Waals surface area contributed by atoms with Gasteiger partial charge in [-0.15, -0.1) is 0 Å². The standard InChI is InChI=1S/C15H20N2O2S/c1-10-7-12-5-3-4-6-14(12)17(8-10)15(19)13(9-20)16-11(2)18/h3-6,10,13,20H,7-9H2,1-2H3,(H,16,18). The average Bonchev–Trinajstić information content (AvgIpc) is 2.42. The molecule has 1 heterocycles. The Balaban J connectivity index is 2.27. The predicted molar refractivity (Wildman–Crippen MR) is 83.1 cm³/mol. The van der Waals surface area contributed by atoms with Crippen molar-refractivity contribution in [1.82, 2.24) is 5.32 Å². The second-order valence-corrected chi connectivity index (χ2v) is 5.69. The number of fused-ring (bicyclic) bond motifs is 1. The Labute approximate surface area is 124 Å². The molecule has 108 valence electrons. The molecule has 1 aromatic carbocycles. The van der Waals surface area contributed by atoms with Gasteiger partial charge in [-0.25, -0.2) is 0 Å². The second kappa shape index (κ2) is 6.31. The zero-order valence-electron chi connectivity index (χ0n) is 11.8. The SMILES string of the molecule is CC(=O)NC(CS)C(=O)N1CC(C)Cc2ccccc21. The summed E-state index contributed by atoms with van der Waals surface area (Å²) < 4.78 is 0. The minimum atomic E-state index is -0.575. The van der Waals surface area contributed by atoms with E-state index in [-0.39, 0.29) is 11.8 Å². The van der Waals surface area contributed by atoms with E-state index >= 15 is 0 Å². The molecule has 20 heavy (non-hydrogen) atoms. The summed E-state index contributed by atoms with van der Waals surface area (Å²) in [4.78, 5) is 25.6. The molecule has 2 atom stereocenters. The highest BCUT2D eigenvalue weighted by Crippen LogP contribution is 2.29. The quantitative estimate of drug-likeness (QED) is 0.832. The van der Waals surface area contributed by atoms with Crippen LogP contribution in [0, 0.1) is 5.92 Å². The highest BCUT2D eigenvalue weighted by molar-refractivity contribution is 7.80. The van der Waals surface area contributed by atoms with Gasteiger partial charge in [0.05, 0.1) is 0 Å². The minimum Gasteiger partial charge on any atom is -0.344 e. The Morgan fingerprint density at radius 1 is 1.45 bits per heavy atom. The summed E-state index contributed by atoms with van der Waals surface area (Å²) in [5.74, 6) is 0.405. The van der Waals surface area contributed by atoms with Gasteiger partial charge in [0.15, 0.2) is 0 Å². The van der Waals surface area contributed by atoms with Crippen molar-refractivity contribution in [3.8, 4) is 0 Å². The first kappa shape index (κ1) is 14.9. The minimum absolute atomic E-state index is 0.0887. The molecule has 0 saturated carbocycles. The lowest BCUT2D eigenvalue weighted by Gasteiger charge is -2.35. The average molecular weight is 292 g/mol. The maximum absolute atomic E-state index is 12.6. The van der Waals surface area contributed by atoms with Crippen LogP contribution in [0.5, 0.6) is 0 Å². The predicted octanol–water partition coefficient (Wildman–Crippen LogP) is 1.65. The molecular weight excluding hydrogens is 272 g/mol. The van der Waals surface area contributed by atoms with E-state index in [0.717, 1.165) is 12.1 Å². The molecule has 2 amide bonds. The highest BCUT2D eigenvalue weighted by atomic mass is 32.1. The van der Waals surface area contributed by atoms with Crippen LogP contribution in [0.3, 0.4) is 0 Å². The Bertz CT molecular complexity index is 518. The molecule has 1 aromatic rings. The normalized spacial score (nSPS) is 19.1. The largest absolute Gasteiger partial charge is 0.344 e. The van der Waals surface area contributed by atoms with E-state index in [2.05, 4.69) is 30.9 Å². The third kappa shape index (κ3) is 3.15. The smallest absolute Gasteiger partial charge is 0.250 e. The van der Waals surface area contributed by atoms with Crippen molar-refractivity contribution in [2.75, 3.05) is 17.2 Å². The van der Waals surface area contributed by atoms with Crippen molar-refractivity contribution >= 4 is 30.1 Å². The van der Waals surface area contributed by atoms with E-state index in [9.17, 15) is 9.59 Å². The number of hydrogen-bond acceptors (Lipinski definition) is 3. The summed E-state index contributed by atoms with van der Waals surface area (Å²) in [5, 5.41) is 2.67. The van der Waals surface area contributed by atoms with Crippen molar-refractivity contribution in [2.24, 2.45) is 5.92 Å². The molecule has 0 aliphatic carbocycles. The maximum atomic E-state index is 12.6. The molecule has 1 aliphatic rings. The topological polar surface area (TPSA) is 49.4 Å². The summed E-state index contributed by atoms with van der Waals surface area (Å²) in [7, 11) is 0. The van der Waals surface area contributed by atoms with Crippen LogP contribution in [0.25, 0.3) is 0 Å². The van der Waals surface area contributed by atoms with Crippen LogP contribution < -0.4 is 10.2 Å². The van der Waals surface area contributed by atoms with E-state index in [0.29, 0.717) is 18.2 Å². The van der Waals surface area contributed by atoms with Crippen LogP contribution in [0.2, 0.25) is 0 Å². The third-order valence-electron chi connectivity index (χ3n) is 3.47. The van der Waals surface area contributed by atoms with Crippen LogP contribution in [-0.2, 0) is 16.0 Å². The van der Waals surface area contributed by atoms with Crippen molar-refractivity contribution in [3.05, 3.63) is 29.8 Å². The van der Waals surface area contributed by atoms with E-state index < -0.39 is 6.04 Å². The van der Waals surface area contributed by atoms with E-state index in [4.69, 9.17) is 0 Å². The van der Waals surface area contributed by atoms with Crippen LogP contribution in [0.1, 0.15) is 19.4 Å². The molecule has 2 unspecified atom stereocenters. The van der Waals surface area contributed by atoms with Crippen LogP contribution in [0.4, 0.5) is 5.69 Å². The zero-order chi connectivity index (χ0) is 14.7. The number of carbonyl (C=O) groups excluding carboxylic acids is 2. The number of anilines is 1. The van der Waals surface area contributed by atoms with Crippen LogP contribution in [0.15, 0.2) is 24.3 Å². The van der Waals surface area contributed by atoms with Crippen molar-refractivity contribution in [1.29, 1.82) is 0 Å². The number of hydrogen-bond donors (Lipinski definition) is 2. The van der Waals surface area contributed by atoms with Gasteiger partial charge in [-0.2, -0.15) is 12.6 Å². The van der Waals surface area contributed by atoms with Gasteiger partial charge in [0, 0.05) is 24.9 Å². The van der Waals surface area contributed by atoms with Gasteiger partial charge in [0.25, 0.3) is 0 Å². The van der Waals surface area contributed by atoms with Crippen LogP contribution >= 0.6 is 12.6 Å². The third-order valence-corrected chi connectivity index (χ3v) is 3.83. The van der Waals surface area contributed by atoms with Gasteiger partial charge in [-0.05, 0) is 24.0 Å². The first-order valence-corrected chi connectivity index (χ1v) is 7.43. The lowest BCUT2D eigenvalue weighted by Crippen LogP contribution is -2.51. The lowest BCUT2D eigenvalue weighted by atomic mass is 9.93. The fourth-order valence-corrected chi connectivity index (χ4v) is 2.87. The second-order valence-electron chi connectivity index (χ2n) is 5.32. The van der Waals surface area contributed by atoms with Crippen LogP contribution in [-0.4, -0.2) is 30.2 Å². The molecule has 0 saturated heterocycles. The summed E-state index contributed by atoms with van der Waals surface area (Å²) >= 11 is 4.18. The van der Waals surface area contributed by atoms with Crippen molar-refractivity contribution in [2.45, 2.75) is 26.3 Å². The number of para-hydroxylation sites is 1. The van der Waals surface area contributed by atoms with E-state index in [1.54, 1.807) is 4.90 Å². The molecule has 0 fully saturated rings. The molecule has 0 aromatic heterocycles. The first-order chi connectivity index (χ1) is 9.52. The molecule has 0 bridgehead atoms. The molecule has 1 aliphatic heterocycles. The number of benzene rings is 1. The Hall–Kier alpha value is -1.49. The zero-order valence-corrected chi connectivity index (χ0v) is 12.7. The molecule has 0 radical (unpaired) electrons. The molecular formula is C15H20N2O2S. The number of carbonyl (C=O) groups is 2. The molecule has 4 nitrogen and oxygen atoms in total. The van der Waals surface area contributed by atoms with Crippen molar-refractivity contribution < 1.29 is 9.59 Å². The number of nitrogens with one attached hydrogen (secondary N) is 1. The maximum Gasteiger partial charge on any atom is 0.250 e. The van der Waals surface area contributed by atoms with E-state index in [1.165, 1.54) is 12.5 Å². The number of nitrogens with zero attached hydrogens (tertiary/aromatic N) is 1. The van der Waals surface area contributed by atoms with Crippen molar-refractivity contribution in [3.63, 3.8) is 0 Å². The number of rotatable bonds is 3. The monoisotopic (exact) mass is 292 g/mol. The summed E-state index contributed by atoms with van der Waals surface area (Å²) in [6, 6.07) is 7.36. The molecule has 2 rings (SSSR count). The Kier molecular flexibility index (Phi) is 4.70. The lowest BCUT2D eigenvalue weighted by molar-refractivity contribution is -0.126. The van der Waals surface area contributed by atoms with Gasteiger partial charge in [-0.1, -0.05) is 25.1 Å². The van der Waals surface area contributed by atoms with Gasteiger partial charge >= 0.3 is 0 Å². The number of thiol groups is 1. The van der Waals surface area contributed by atoms with Gasteiger partial charge in [0.1, 0.15) is 6.04 Å². The fraction of sp³-hybridized carbons (Fsp3) is 0.467. The Morgan fingerprint density at radius 2 is 2.15 bits per heavy atom. The van der Waals surface area contributed by atoms with E-state index in [1.807, 2.05) is 18.2 Å². The van der Waals surface area contributed by atoms with Gasteiger partial charge in [-0.3, -0.25) is 9.59 Å².